The zero-order valence-corrected chi connectivity index (χ0v) is 40.8. The van der Waals surface area contributed by atoms with Gasteiger partial charge in [-0.15, -0.1) is 0 Å². The molecule has 1 atom stereocenters. The van der Waals surface area contributed by atoms with Crippen LogP contribution >= 0.6 is 0 Å². The Morgan fingerprint density at radius 2 is 0.691 bits per heavy atom. The lowest BCUT2D eigenvalue weighted by molar-refractivity contribution is -0.131. The van der Waals surface area contributed by atoms with Crippen LogP contribution < -0.4 is 31.9 Å². The summed E-state index contributed by atoms with van der Waals surface area (Å²) in [5, 5.41) is 14.4. The Hall–Kier alpha value is -3.70. The summed E-state index contributed by atoms with van der Waals surface area (Å²) in [5.41, 5.74) is -0.245. The predicted octanol–water partition coefficient (Wildman–Crippen LogP) is -3.04. The Morgan fingerprint density at radius 3 is 1.00 bits per heavy atom. The molecule has 0 fully saturated rings. The van der Waals surface area contributed by atoms with Gasteiger partial charge in [0.1, 0.15) is 6.04 Å². The minimum absolute atomic E-state index is 0.119. The second-order valence-electron chi connectivity index (χ2n) is 15.4. The number of hydrogen-bond acceptors (Lipinski definition) is 19. The lowest BCUT2D eigenvalue weighted by Gasteiger charge is -2.18. The maximum absolute atomic E-state index is 12.6. The molecule has 0 aromatic carbocycles. The van der Waals surface area contributed by atoms with Crippen molar-refractivity contribution in [2.75, 3.05) is 205 Å². The van der Waals surface area contributed by atoms with Crippen molar-refractivity contribution in [1.29, 1.82) is 0 Å². The van der Waals surface area contributed by atoms with Gasteiger partial charge < -0.3 is 93.5 Å². The molecule has 6 N–H and O–H groups in total. The fraction of sp³-hybridized carbons (Fsp3) is 0.860. The molecule has 0 aliphatic heterocycles. The van der Waals surface area contributed by atoms with Crippen molar-refractivity contribution < 1.29 is 91.7 Å². The molecular weight excluding hydrogens is 904 g/mol. The van der Waals surface area contributed by atoms with E-state index >= 15 is 0 Å². The second kappa shape index (κ2) is 47.0. The Kier molecular flexibility index (Phi) is 43.1. The molecule has 68 heavy (non-hydrogen) atoms. The molecule has 0 rings (SSSR count). The Labute approximate surface area is 402 Å². The molecule has 0 aliphatic carbocycles. The van der Waals surface area contributed by atoms with Gasteiger partial charge in [-0.2, -0.15) is 0 Å². The van der Waals surface area contributed by atoms with E-state index in [9.17, 15) is 28.8 Å². The first kappa shape index (κ1) is 62.3. The molecule has 0 bridgehead atoms. The largest absolute Gasteiger partial charge is 0.382 e. The number of carbonyl (C=O) groups is 6. The van der Waals surface area contributed by atoms with Crippen molar-refractivity contribution in [1.82, 2.24) is 31.9 Å². The molecule has 398 valence electrons. The summed E-state index contributed by atoms with van der Waals surface area (Å²) >= 11 is 0. The van der Waals surface area contributed by atoms with Crippen molar-refractivity contribution in [3.63, 3.8) is 0 Å². The first-order chi connectivity index (χ1) is 33.4. The van der Waals surface area contributed by atoms with Crippen LogP contribution in [-0.4, -0.2) is 247 Å². The zero-order chi connectivity index (χ0) is 50.9. The fourth-order valence-corrected chi connectivity index (χ4v) is 4.81. The first-order valence-electron chi connectivity index (χ1n) is 23.4. The van der Waals surface area contributed by atoms with E-state index in [0.29, 0.717) is 139 Å². The molecule has 0 aromatic heterocycles. The van der Waals surface area contributed by atoms with Gasteiger partial charge in [0, 0.05) is 27.2 Å². The standard InChI is InChI=1S/C43H82N6O19/c1-43(2,3)30-37(50)45-31-38(51)46-32-39(52)47-33-40(53)48-34-41(54)49-36(35-57-5)42(55)44-6-7-58-10-11-60-14-15-62-18-19-64-22-23-66-26-27-68-29-28-67-25-24-65-21-20-63-17-16-61-13-12-59-9-8-56-4/h36H,6-35H2,1-5H3,(H,44,55)(H,45,50)(H,46,51)(H,47,52)(H,48,53)(H,49,54)/i5D. The average Bonchev–Trinajstić information content (AvgIpc) is 3.31. The van der Waals surface area contributed by atoms with Crippen molar-refractivity contribution in [2.24, 2.45) is 5.41 Å². The van der Waals surface area contributed by atoms with Gasteiger partial charge in [0.15, 0.2) is 0 Å². The average molecular weight is 988 g/mol. The van der Waals surface area contributed by atoms with Crippen molar-refractivity contribution in [2.45, 2.75) is 33.2 Å². The molecule has 0 saturated carbocycles. The van der Waals surface area contributed by atoms with E-state index in [1.54, 1.807) is 7.11 Å². The molecule has 0 radical (unpaired) electrons. The smallest absolute Gasteiger partial charge is 0.245 e. The molecular formula is C43H82N6O19. The maximum Gasteiger partial charge on any atom is 0.245 e. The van der Waals surface area contributed by atoms with Crippen LogP contribution in [0.25, 0.3) is 0 Å². The molecule has 0 aliphatic rings. The molecule has 0 heterocycles. The third-order valence-corrected chi connectivity index (χ3v) is 8.11. The van der Waals surface area contributed by atoms with Crippen LogP contribution in [0.3, 0.4) is 0 Å². The second-order valence-corrected chi connectivity index (χ2v) is 15.4. The lowest BCUT2D eigenvalue weighted by Crippen LogP contribution is -2.52. The minimum atomic E-state index is -1.15. The monoisotopic (exact) mass is 988 g/mol. The minimum Gasteiger partial charge on any atom is -0.382 e. The van der Waals surface area contributed by atoms with Crippen molar-refractivity contribution >= 4 is 35.4 Å². The highest BCUT2D eigenvalue weighted by atomic mass is 16.6. The molecule has 25 nitrogen and oxygen atoms in total. The van der Waals surface area contributed by atoms with Crippen molar-refractivity contribution in [3.8, 4) is 0 Å². The van der Waals surface area contributed by atoms with Crippen LogP contribution in [0.1, 0.15) is 28.6 Å². The van der Waals surface area contributed by atoms with E-state index in [0.717, 1.165) is 0 Å². The SMILES string of the molecule is [2H]COCC(NC(=O)CNC(=O)CNC(=O)CNC(=O)CNC(=O)CC(C)(C)C)C(=O)NCCOCCOCCOCCOCCOCCOCCOCCOCCOCCOCCOCCOC. The predicted molar refractivity (Wildman–Crippen MR) is 244 cm³/mol. The van der Waals surface area contributed by atoms with Gasteiger partial charge in [-0.05, 0) is 5.41 Å². The van der Waals surface area contributed by atoms with E-state index in [2.05, 4.69) is 31.9 Å². The Morgan fingerprint density at radius 1 is 0.397 bits per heavy atom. The maximum atomic E-state index is 12.6. The van der Waals surface area contributed by atoms with Gasteiger partial charge in [0.25, 0.3) is 0 Å². The summed E-state index contributed by atoms with van der Waals surface area (Å²) in [6, 6.07) is -1.15. The third-order valence-electron chi connectivity index (χ3n) is 8.11. The van der Waals surface area contributed by atoms with Crippen LogP contribution in [0.15, 0.2) is 0 Å². The van der Waals surface area contributed by atoms with Crippen LogP contribution in [-0.2, 0) is 90.3 Å². The summed E-state index contributed by atoms with van der Waals surface area (Å²) in [6.07, 6.45) is 0.228. The van der Waals surface area contributed by atoms with Gasteiger partial charge in [-0.3, -0.25) is 28.8 Å². The molecule has 0 saturated heterocycles. The Balaban J connectivity index is 3.66. The van der Waals surface area contributed by atoms with E-state index < -0.39 is 62.3 Å². The summed E-state index contributed by atoms with van der Waals surface area (Å²) < 4.78 is 77.0. The highest BCUT2D eigenvalue weighted by molar-refractivity contribution is 5.92. The van der Waals surface area contributed by atoms with E-state index in [1.165, 1.54) is 0 Å². The molecule has 0 spiro atoms. The molecule has 6 amide bonds. The molecule has 1 unspecified atom stereocenters. The number of hydrogen-bond donors (Lipinski definition) is 6. The summed E-state index contributed by atoms with van der Waals surface area (Å²) in [7, 11) is 1.19. The molecule has 0 aromatic rings. The van der Waals surface area contributed by atoms with Gasteiger partial charge in [0.2, 0.25) is 35.4 Å². The van der Waals surface area contributed by atoms with Gasteiger partial charge in [-0.1, -0.05) is 20.8 Å². The van der Waals surface area contributed by atoms with Crippen molar-refractivity contribution in [3.05, 3.63) is 0 Å². The number of rotatable bonds is 49. The number of methoxy groups -OCH3 is 2. The number of carbonyl (C=O) groups excluding carboxylic acids is 6. The summed E-state index contributed by atoms with van der Waals surface area (Å²) in [6.45, 7) is 13.9. The first-order valence-corrected chi connectivity index (χ1v) is 22.7. The fourth-order valence-electron chi connectivity index (χ4n) is 4.81. The van der Waals surface area contributed by atoms with E-state index in [1.807, 2.05) is 20.8 Å². The van der Waals surface area contributed by atoms with Crippen LogP contribution in [0.5, 0.6) is 0 Å². The number of amides is 6. The third kappa shape index (κ3) is 47.4. The van der Waals surface area contributed by atoms with E-state index in [-0.39, 0.29) is 50.7 Å². The van der Waals surface area contributed by atoms with Crippen LogP contribution in [0, 0.1) is 5.41 Å². The van der Waals surface area contributed by atoms with Gasteiger partial charge >= 0.3 is 0 Å². The number of ether oxygens (including phenoxy) is 13. The highest BCUT2D eigenvalue weighted by Gasteiger charge is 2.21. The van der Waals surface area contributed by atoms with Gasteiger partial charge in [-0.25, -0.2) is 0 Å². The topological polar surface area (TPSA) is 295 Å². The summed E-state index contributed by atoms with van der Waals surface area (Å²) in [4.78, 5) is 72.9. The Bertz CT molecular complexity index is 1310. The highest BCUT2D eigenvalue weighted by Crippen LogP contribution is 2.17. The lowest BCUT2D eigenvalue weighted by atomic mass is 9.92. The zero-order valence-electron chi connectivity index (χ0n) is 41.8. The normalized spacial score (nSPS) is 12.0. The van der Waals surface area contributed by atoms with E-state index in [4.69, 9.17) is 62.9 Å². The molecule has 25 heteroatoms. The summed E-state index contributed by atoms with van der Waals surface area (Å²) in [5.74, 6) is -3.56. The number of nitrogens with one attached hydrogen (secondary N) is 6. The van der Waals surface area contributed by atoms with Crippen LogP contribution in [0.2, 0.25) is 0 Å². The van der Waals surface area contributed by atoms with Gasteiger partial charge in [0.05, 0.1) is 186 Å². The quantitative estimate of drug-likeness (QED) is 0.0331. The van der Waals surface area contributed by atoms with Crippen LogP contribution in [0.4, 0.5) is 0 Å².